The smallest absolute Gasteiger partial charge is 0.121 e. The van der Waals surface area contributed by atoms with Gasteiger partial charge in [-0.1, -0.05) is 57.2 Å². The number of ether oxygens (including phenoxy) is 1. The predicted octanol–water partition coefficient (Wildman–Crippen LogP) is 4.77. The monoisotopic (exact) mass is 283 g/mol. The lowest BCUT2D eigenvalue weighted by atomic mass is 9.97. The van der Waals surface area contributed by atoms with Crippen LogP contribution in [0.3, 0.4) is 0 Å². The van der Waals surface area contributed by atoms with Crippen LogP contribution >= 0.6 is 0 Å². The quantitative estimate of drug-likeness (QED) is 0.824. The van der Waals surface area contributed by atoms with Gasteiger partial charge in [-0.25, -0.2) is 0 Å². The highest BCUT2D eigenvalue weighted by Crippen LogP contribution is 2.20. The number of anilines is 1. The van der Waals surface area contributed by atoms with Gasteiger partial charge in [-0.3, -0.25) is 0 Å². The molecule has 0 fully saturated rings. The van der Waals surface area contributed by atoms with Gasteiger partial charge in [0.05, 0.1) is 6.61 Å². The molecule has 0 aliphatic carbocycles. The third kappa shape index (κ3) is 5.90. The number of hydrogen-bond acceptors (Lipinski definition) is 2. The van der Waals surface area contributed by atoms with Crippen LogP contribution in [0.2, 0.25) is 0 Å². The minimum atomic E-state index is 0.268. The van der Waals surface area contributed by atoms with Crippen LogP contribution in [0.25, 0.3) is 0 Å². The summed E-state index contributed by atoms with van der Waals surface area (Å²) in [6.45, 7) is 8.31. The fourth-order valence-corrected chi connectivity index (χ4v) is 1.99. The van der Waals surface area contributed by atoms with Gasteiger partial charge in [0.25, 0.3) is 0 Å². The molecule has 2 rings (SSSR count). The summed E-state index contributed by atoms with van der Waals surface area (Å²) in [5.74, 6) is 0.921. The standard InChI is InChI=1S/C19H25NO/c1-19(2,3)15-20-17-10-7-11-18(14-17)21-13-12-16-8-5-4-6-9-16/h4-11,14,20H,12-13,15H2,1-3H3. The molecule has 112 valence electrons. The average molecular weight is 283 g/mol. The molecule has 0 aliphatic rings. The maximum Gasteiger partial charge on any atom is 0.121 e. The fourth-order valence-electron chi connectivity index (χ4n) is 1.99. The Hall–Kier alpha value is -1.96. The molecule has 0 amide bonds. The first-order valence-electron chi connectivity index (χ1n) is 7.54. The first kappa shape index (κ1) is 15.4. The molecule has 0 unspecified atom stereocenters. The van der Waals surface area contributed by atoms with Crippen molar-refractivity contribution >= 4 is 5.69 Å². The summed E-state index contributed by atoms with van der Waals surface area (Å²) in [5.41, 5.74) is 2.69. The second-order valence-corrected chi connectivity index (χ2v) is 6.53. The van der Waals surface area contributed by atoms with Crippen molar-refractivity contribution < 1.29 is 4.74 Å². The van der Waals surface area contributed by atoms with Crippen molar-refractivity contribution in [3.63, 3.8) is 0 Å². The second kappa shape index (κ2) is 7.16. The van der Waals surface area contributed by atoms with Crippen molar-refractivity contribution in [3.8, 4) is 5.75 Å². The van der Waals surface area contributed by atoms with Crippen molar-refractivity contribution in [2.75, 3.05) is 18.5 Å². The number of rotatable bonds is 6. The van der Waals surface area contributed by atoms with Gasteiger partial charge in [0.1, 0.15) is 5.75 Å². The molecule has 0 saturated carbocycles. The Bertz CT molecular complexity index is 543. The van der Waals surface area contributed by atoms with Crippen molar-refractivity contribution in [2.24, 2.45) is 5.41 Å². The van der Waals surface area contributed by atoms with Crippen molar-refractivity contribution in [3.05, 3.63) is 60.2 Å². The number of nitrogens with one attached hydrogen (secondary N) is 1. The fraction of sp³-hybridized carbons (Fsp3) is 0.368. The Balaban J connectivity index is 1.83. The average Bonchev–Trinajstić information content (AvgIpc) is 2.46. The normalized spacial score (nSPS) is 11.2. The van der Waals surface area contributed by atoms with Crippen molar-refractivity contribution in [1.29, 1.82) is 0 Å². The van der Waals surface area contributed by atoms with E-state index >= 15 is 0 Å². The van der Waals surface area contributed by atoms with Gasteiger partial charge in [0.2, 0.25) is 0 Å². The highest BCUT2D eigenvalue weighted by atomic mass is 16.5. The van der Waals surface area contributed by atoms with Gasteiger partial charge < -0.3 is 10.1 Å². The largest absolute Gasteiger partial charge is 0.493 e. The summed E-state index contributed by atoms with van der Waals surface area (Å²) in [4.78, 5) is 0. The maximum atomic E-state index is 5.84. The first-order chi connectivity index (χ1) is 10.0. The van der Waals surface area contributed by atoms with Crippen LogP contribution in [-0.2, 0) is 6.42 Å². The van der Waals surface area contributed by atoms with E-state index in [0.717, 1.165) is 24.4 Å². The molecule has 0 aromatic heterocycles. The molecule has 0 bridgehead atoms. The molecule has 0 spiro atoms. The second-order valence-electron chi connectivity index (χ2n) is 6.53. The SMILES string of the molecule is CC(C)(C)CNc1cccc(OCCc2ccccc2)c1. The third-order valence-corrected chi connectivity index (χ3v) is 3.16. The Kier molecular flexibility index (Phi) is 5.26. The van der Waals surface area contributed by atoms with Crippen molar-refractivity contribution in [2.45, 2.75) is 27.2 Å². The number of benzene rings is 2. The zero-order chi connectivity index (χ0) is 15.1. The predicted molar refractivity (Wildman–Crippen MR) is 90.0 cm³/mol. The summed E-state index contributed by atoms with van der Waals surface area (Å²) in [7, 11) is 0. The molecule has 0 atom stereocenters. The summed E-state index contributed by atoms with van der Waals surface area (Å²) in [6, 6.07) is 18.6. The lowest BCUT2D eigenvalue weighted by molar-refractivity contribution is 0.322. The topological polar surface area (TPSA) is 21.3 Å². The zero-order valence-electron chi connectivity index (χ0n) is 13.2. The van der Waals surface area contributed by atoms with Crippen LogP contribution in [0.4, 0.5) is 5.69 Å². The molecule has 1 N–H and O–H groups in total. The van der Waals surface area contributed by atoms with Gasteiger partial charge in [-0.15, -0.1) is 0 Å². The van der Waals surface area contributed by atoms with Crippen LogP contribution < -0.4 is 10.1 Å². The summed E-state index contributed by atoms with van der Waals surface area (Å²) < 4.78 is 5.84. The van der Waals surface area contributed by atoms with Gasteiger partial charge in [-0.2, -0.15) is 0 Å². The molecule has 2 aromatic carbocycles. The van der Waals surface area contributed by atoms with E-state index in [-0.39, 0.29) is 5.41 Å². The molecule has 2 nitrogen and oxygen atoms in total. The molecule has 0 aliphatic heterocycles. The molecule has 0 saturated heterocycles. The van der Waals surface area contributed by atoms with E-state index in [1.165, 1.54) is 5.56 Å². The maximum absolute atomic E-state index is 5.84. The van der Waals surface area contributed by atoms with E-state index in [0.29, 0.717) is 6.61 Å². The Morgan fingerprint density at radius 3 is 2.43 bits per heavy atom. The van der Waals surface area contributed by atoms with E-state index in [1.807, 2.05) is 18.2 Å². The van der Waals surface area contributed by atoms with Gasteiger partial charge >= 0.3 is 0 Å². The Labute approximate surface area is 128 Å². The van der Waals surface area contributed by atoms with E-state index in [2.05, 4.69) is 62.5 Å². The molecular weight excluding hydrogens is 258 g/mol. The van der Waals surface area contributed by atoms with Crippen LogP contribution in [0, 0.1) is 5.41 Å². The molecule has 0 heterocycles. The van der Waals surface area contributed by atoms with E-state index in [4.69, 9.17) is 4.74 Å². The minimum absolute atomic E-state index is 0.268. The molecule has 2 heteroatoms. The van der Waals surface area contributed by atoms with Gasteiger partial charge in [0.15, 0.2) is 0 Å². The highest BCUT2D eigenvalue weighted by molar-refractivity contribution is 5.48. The Morgan fingerprint density at radius 1 is 0.952 bits per heavy atom. The minimum Gasteiger partial charge on any atom is -0.493 e. The lowest BCUT2D eigenvalue weighted by Crippen LogP contribution is -2.18. The summed E-state index contributed by atoms with van der Waals surface area (Å²) in [6.07, 6.45) is 0.931. The van der Waals surface area contributed by atoms with E-state index < -0.39 is 0 Å². The van der Waals surface area contributed by atoms with E-state index in [9.17, 15) is 0 Å². The number of hydrogen-bond donors (Lipinski definition) is 1. The van der Waals surface area contributed by atoms with E-state index in [1.54, 1.807) is 0 Å². The lowest BCUT2D eigenvalue weighted by Gasteiger charge is -2.20. The van der Waals surface area contributed by atoms with Crippen LogP contribution in [0.1, 0.15) is 26.3 Å². The zero-order valence-corrected chi connectivity index (χ0v) is 13.2. The first-order valence-corrected chi connectivity index (χ1v) is 7.54. The molecule has 0 radical (unpaired) electrons. The van der Waals surface area contributed by atoms with Gasteiger partial charge in [0, 0.05) is 24.7 Å². The summed E-state index contributed by atoms with van der Waals surface area (Å²) >= 11 is 0. The molecule has 21 heavy (non-hydrogen) atoms. The summed E-state index contributed by atoms with van der Waals surface area (Å²) in [5, 5.41) is 3.45. The molecular formula is C19H25NO. The van der Waals surface area contributed by atoms with Crippen molar-refractivity contribution in [1.82, 2.24) is 0 Å². The Morgan fingerprint density at radius 2 is 1.71 bits per heavy atom. The van der Waals surface area contributed by atoms with Crippen LogP contribution in [0.15, 0.2) is 54.6 Å². The molecule has 2 aromatic rings. The van der Waals surface area contributed by atoms with Crippen LogP contribution in [-0.4, -0.2) is 13.2 Å². The third-order valence-electron chi connectivity index (χ3n) is 3.16. The van der Waals surface area contributed by atoms with Gasteiger partial charge in [-0.05, 0) is 23.1 Å². The van der Waals surface area contributed by atoms with Crippen LogP contribution in [0.5, 0.6) is 5.75 Å². The highest BCUT2D eigenvalue weighted by Gasteiger charge is 2.09.